The maximum absolute atomic E-state index is 15.3. The van der Waals surface area contributed by atoms with E-state index in [1.165, 1.54) is 10.9 Å². The third kappa shape index (κ3) is 2.66. The van der Waals surface area contributed by atoms with E-state index < -0.39 is 11.5 Å². The second-order valence-electron chi connectivity index (χ2n) is 6.22. The van der Waals surface area contributed by atoms with Crippen LogP contribution in [-0.4, -0.2) is 15.8 Å². The van der Waals surface area contributed by atoms with Crippen LogP contribution >= 0.6 is 0 Å². The summed E-state index contributed by atoms with van der Waals surface area (Å²) in [7, 11) is 0. The quantitative estimate of drug-likeness (QED) is 0.385. The Morgan fingerprint density at radius 3 is 1.48 bits per heavy atom. The molecule has 1 aromatic heterocycles. The van der Waals surface area contributed by atoms with Crippen molar-refractivity contribution in [2.45, 2.75) is 5.54 Å². The first-order valence-corrected chi connectivity index (χ1v) is 8.63. The van der Waals surface area contributed by atoms with Gasteiger partial charge in [0, 0.05) is 0 Å². The van der Waals surface area contributed by atoms with E-state index in [-0.39, 0.29) is 5.69 Å². The first-order valence-electron chi connectivity index (χ1n) is 8.63. The summed E-state index contributed by atoms with van der Waals surface area (Å²) in [5.74, 6) is -0.665. The molecular weight excluding hydrogens is 339 g/mol. The molecule has 1 heterocycles. The lowest BCUT2D eigenvalue weighted by atomic mass is 9.76. The van der Waals surface area contributed by atoms with Crippen LogP contribution < -0.4 is 0 Å². The van der Waals surface area contributed by atoms with E-state index in [1.807, 2.05) is 91.0 Å². The summed E-state index contributed by atoms with van der Waals surface area (Å²) in [6.45, 7) is 0. The van der Waals surface area contributed by atoms with Crippen molar-refractivity contribution < 1.29 is 9.18 Å². The maximum atomic E-state index is 15.3. The number of rotatable bonds is 5. The number of carbonyl (C=O) groups is 1. The monoisotopic (exact) mass is 356 g/mol. The smallest absolute Gasteiger partial charge is 0.225 e. The molecule has 4 rings (SSSR count). The van der Waals surface area contributed by atoms with E-state index in [0.29, 0.717) is 6.29 Å². The van der Waals surface area contributed by atoms with Crippen molar-refractivity contribution in [3.8, 4) is 0 Å². The maximum Gasteiger partial charge on any atom is 0.225 e. The minimum absolute atomic E-state index is 0.206. The molecule has 27 heavy (non-hydrogen) atoms. The highest BCUT2D eigenvalue weighted by Crippen LogP contribution is 2.41. The first-order chi connectivity index (χ1) is 13.3. The first kappa shape index (κ1) is 16.9. The summed E-state index contributed by atoms with van der Waals surface area (Å²) in [5.41, 5.74) is 1.41. The van der Waals surface area contributed by atoms with E-state index in [9.17, 15) is 4.79 Å². The predicted octanol–water partition coefficient (Wildman–Crippen LogP) is 4.67. The average Bonchev–Trinajstić information content (AvgIpc) is 3.12. The van der Waals surface area contributed by atoms with Gasteiger partial charge in [0.1, 0.15) is 5.54 Å². The Hall–Kier alpha value is -3.53. The molecule has 132 valence electrons. The van der Waals surface area contributed by atoms with Crippen molar-refractivity contribution in [3.63, 3.8) is 0 Å². The second kappa shape index (κ2) is 7.00. The molecule has 0 aliphatic carbocycles. The molecule has 4 heteroatoms. The Labute approximate surface area is 156 Å². The van der Waals surface area contributed by atoms with Gasteiger partial charge in [-0.3, -0.25) is 9.36 Å². The van der Waals surface area contributed by atoms with Crippen LogP contribution in [0.25, 0.3) is 0 Å². The van der Waals surface area contributed by atoms with Crippen molar-refractivity contribution in [2.24, 2.45) is 0 Å². The zero-order chi connectivity index (χ0) is 18.7. The summed E-state index contributed by atoms with van der Waals surface area (Å²) in [5, 5.41) is 0. The van der Waals surface area contributed by atoms with Gasteiger partial charge in [0.2, 0.25) is 5.95 Å². The summed E-state index contributed by atoms with van der Waals surface area (Å²) >= 11 is 0. The summed E-state index contributed by atoms with van der Waals surface area (Å²) in [6.07, 6.45) is 1.84. The van der Waals surface area contributed by atoms with Gasteiger partial charge >= 0.3 is 0 Å². The Morgan fingerprint density at radius 1 is 0.741 bits per heavy atom. The molecule has 0 bridgehead atoms. The third-order valence-corrected chi connectivity index (χ3v) is 4.78. The van der Waals surface area contributed by atoms with Crippen molar-refractivity contribution in [3.05, 3.63) is 126 Å². The molecule has 0 fully saturated rings. The van der Waals surface area contributed by atoms with Crippen LogP contribution in [0.5, 0.6) is 0 Å². The molecule has 0 aliphatic heterocycles. The molecule has 0 amide bonds. The Kier molecular flexibility index (Phi) is 4.38. The largest absolute Gasteiger partial charge is 0.296 e. The van der Waals surface area contributed by atoms with Crippen LogP contribution in [0.2, 0.25) is 0 Å². The van der Waals surface area contributed by atoms with Crippen LogP contribution in [0, 0.1) is 5.95 Å². The highest BCUT2D eigenvalue weighted by Gasteiger charge is 2.40. The third-order valence-electron chi connectivity index (χ3n) is 4.78. The van der Waals surface area contributed by atoms with E-state index in [0.717, 1.165) is 16.7 Å². The lowest BCUT2D eigenvalue weighted by Gasteiger charge is -2.37. The highest BCUT2D eigenvalue weighted by atomic mass is 19.1. The van der Waals surface area contributed by atoms with Gasteiger partial charge < -0.3 is 0 Å². The number of halogens is 1. The topological polar surface area (TPSA) is 34.9 Å². The fourth-order valence-electron chi connectivity index (χ4n) is 3.62. The normalized spacial score (nSPS) is 11.3. The minimum Gasteiger partial charge on any atom is -0.296 e. The van der Waals surface area contributed by atoms with Gasteiger partial charge in [0.05, 0.1) is 6.33 Å². The second-order valence-corrected chi connectivity index (χ2v) is 6.22. The predicted molar refractivity (Wildman–Crippen MR) is 102 cm³/mol. The SMILES string of the molecule is O=Cc1ncn(C(c2ccccc2)(c2ccccc2)c2ccccc2)c1F. The number of imidazole rings is 1. The van der Waals surface area contributed by atoms with Gasteiger partial charge in [0.25, 0.3) is 0 Å². The lowest BCUT2D eigenvalue weighted by molar-refractivity contribution is 0.111. The van der Waals surface area contributed by atoms with Gasteiger partial charge in [-0.2, -0.15) is 4.39 Å². The van der Waals surface area contributed by atoms with Gasteiger partial charge in [-0.25, -0.2) is 4.98 Å². The minimum atomic E-state index is -0.998. The van der Waals surface area contributed by atoms with Crippen LogP contribution in [-0.2, 0) is 5.54 Å². The molecule has 0 atom stereocenters. The number of hydrogen-bond acceptors (Lipinski definition) is 2. The molecule has 0 aliphatic rings. The Bertz CT molecular complexity index is 947. The standard InChI is InChI=1S/C23H17FN2O/c24-22-21(16-27)25-17-26(22)23(18-10-4-1-5-11-18,19-12-6-2-7-13-19)20-14-8-3-9-15-20/h1-17H. The van der Waals surface area contributed by atoms with E-state index >= 15 is 4.39 Å². The number of aromatic nitrogens is 2. The average molecular weight is 356 g/mol. The lowest BCUT2D eigenvalue weighted by Crippen LogP contribution is -2.38. The molecule has 0 radical (unpaired) electrons. The summed E-state index contributed by atoms with van der Waals surface area (Å²) in [6, 6.07) is 29.0. The van der Waals surface area contributed by atoms with Crippen molar-refractivity contribution in [1.29, 1.82) is 0 Å². The molecule has 4 aromatic rings. The van der Waals surface area contributed by atoms with Crippen molar-refractivity contribution in [1.82, 2.24) is 9.55 Å². The van der Waals surface area contributed by atoms with Gasteiger partial charge in [-0.1, -0.05) is 91.0 Å². The highest BCUT2D eigenvalue weighted by molar-refractivity contribution is 5.71. The zero-order valence-electron chi connectivity index (χ0n) is 14.5. The molecule has 3 nitrogen and oxygen atoms in total. The Balaban J connectivity index is 2.16. The van der Waals surface area contributed by atoms with Crippen LogP contribution in [0.1, 0.15) is 27.2 Å². The zero-order valence-corrected chi connectivity index (χ0v) is 14.5. The molecular formula is C23H17FN2O. The summed E-state index contributed by atoms with van der Waals surface area (Å²) < 4.78 is 16.7. The molecule has 0 saturated heterocycles. The Morgan fingerprint density at radius 2 is 1.15 bits per heavy atom. The fourth-order valence-corrected chi connectivity index (χ4v) is 3.62. The molecule has 0 N–H and O–H groups in total. The van der Waals surface area contributed by atoms with E-state index in [4.69, 9.17) is 0 Å². The molecule has 3 aromatic carbocycles. The number of hydrogen-bond donors (Lipinski definition) is 0. The van der Waals surface area contributed by atoms with Gasteiger partial charge in [0.15, 0.2) is 12.0 Å². The van der Waals surface area contributed by atoms with Gasteiger partial charge in [-0.15, -0.1) is 0 Å². The van der Waals surface area contributed by atoms with Crippen LogP contribution in [0.3, 0.4) is 0 Å². The van der Waals surface area contributed by atoms with Crippen LogP contribution in [0.15, 0.2) is 97.3 Å². The number of carbonyl (C=O) groups excluding carboxylic acids is 1. The molecule has 0 spiro atoms. The summed E-state index contributed by atoms with van der Waals surface area (Å²) in [4.78, 5) is 15.3. The number of benzene rings is 3. The molecule has 0 saturated carbocycles. The van der Waals surface area contributed by atoms with E-state index in [2.05, 4.69) is 4.98 Å². The van der Waals surface area contributed by atoms with Crippen molar-refractivity contribution in [2.75, 3.05) is 0 Å². The fraction of sp³-hybridized carbons (Fsp3) is 0.0435. The van der Waals surface area contributed by atoms with Crippen LogP contribution in [0.4, 0.5) is 4.39 Å². The van der Waals surface area contributed by atoms with Crippen molar-refractivity contribution >= 4 is 6.29 Å². The number of aldehydes is 1. The van der Waals surface area contributed by atoms with Gasteiger partial charge in [-0.05, 0) is 16.7 Å². The number of nitrogens with zero attached hydrogens (tertiary/aromatic N) is 2. The van der Waals surface area contributed by atoms with E-state index in [1.54, 1.807) is 0 Å². The molecule has 0 unspecified atom stereocenters.